The van der Waals surface area contributed by atoms with Crippen molar-refractivity contribution in [1.29, 1.82) is 0 Å². The molecule has 1 aliphatic rings. The van der Waals surface area contributed by atoms with Crippen LogP contribution in [0.25, 0.3) is 6.08 Å². The van der Waals surface area contributed by atoms with Gasteiger partial charge in [-0.15, -0.1) is 0 Å². The Hall–Kier alpha value is -2.62. The quantitative estimate of drug-likeness (QED) is 0.656. The molecule has 1 atom stereocenters. The molecule has 0 saturated heterocycles. The number of hydrogen-bond donors (Lipinski definition) is 1. The monoisotopic (exact) mass is 412 g/mol. The van der Waals surface area contributed by atoms with Gasteiger partial charge in [-0.25, -0.2) is 4.79 Å². The molecule has 2 aromatic carbocycles. The van der Waals surface area contributed by atoms with Gasteiger partial charge in [-0.3, -0.25) is 0 Å². The third-order valence-corrected chi connectivity index (χ3v) is 4.11. The molecule has 0 aromatic heterocycles. The van der Waals surface area contributed by atoms with Crippen molar-refractivity contribution >= 4 is 35.2 Å². The maximum atomic E-state index is 13.2. The molecule has 3 rings (SSSR count). The highest BCUT2D eigenvalue weighted by Crippen LogP contribution is 2.40. The van der Waals surface area contributed by atoms with Crippen molar-refractivity contribution < 1.29 is 27.8 Å². The standard InChI is InChI=1S/C19H9Cl2F3O3/c20-13-5-2-10(3-6-13)1-4-11-7-14(21)8-12-9-15(18(25)26)17(19(22,23)24)27-16(11)12/h2-3,5-9,17H,(H,25,26). The van der Waals surface area contributed by atoms with Gasteiger partial charge in [0, 0.05) is 21.2 Å². The molecule has 138 valence electrons. The third kappa shape index (κ3) is 4.21. The van der Waals surface area contributed by atoms with Gasteiger partial charge in [0.2, 0.25) is 6.10 Å². The Kier molecular flexibility index (Phi) is 5.09. The number of carbonyl (C=O) groups is 1. The highest BCUT2D eigenvalue weighted by Gasteiger charge is 2.48. The number of rotatable bonds is 1. The Labute approximate surface area is 162 Å². The molecule has 0 fully saturated rings. The zero-order valence-electron chi connectivity index (χ0n) is 13.3. The normalized spacial score (nSPS) is 15.7. The van der Waals surface area contributed by atoms with E-state index in [1.165, 1.54) is 12.1 Å². The maximum absolute atomic E-state index is 13.2. The number of aliphatic carboxylic acids is 1. The molecule has 1 unspecified atom stereocenters. The van der Waals surface area contributed by atoms with Crippen molar-refractivity contribution in [1.82, 2.24) is 0 Å². The number of hydrogen-bond acceptors (Lipinski definition) is 2. The summed E-state index contributed by atoms with van der Waals surface area (Å²) in [6.07, 6.45) is -6.60. The SMILES string of the molecule is O=C(O)C1=Cc2cc(Cl)cc(C#Cc3ccc(Cl)cc3)c2OC1C(F)(F)F. The molecule has 1 aliphatic heterocycles. The zero-order chi connectivity index (χ0) is 19.8. The first-order valence-electron chi connectivity index (χ1n) is 7.44. The highest BCUT2D eigenvalue weighted by molar-refractivity contribution is 6.31. The lowest BCUT2D eigenvalue weighted by atomic mass is 9.98. The van der Waals surface area contributed by atoms with Gasteiger partial charge in [0.25, 0.3) is 0 Å². The van der Waals surface area contributed by atoms with Gasteiger partial charge in [0.05, 0.1) is 11.1 Å². The summed E-state index contributed by atoms with van der Waals surface area (Å²) in [6.45, 7) is 0. The van der Waals surface area contributed by atoms with Crippen molar-refractivity contribution in [2.24, 2.45) is 0 Å². The summed E-state index contributed by atoms with van der Waals surface area (Å²) in [4.78, 5) is 11.2. The van der Waals surface area contributed by atoms with E-state index >= 15 is 0 Å². The molecule has 8 heteroatoms. The van der Waals surface area contributed by atoms with Crippen molar-refractivity contribution in [2.75, 3.05) is 0 Å². The minimum Gasteiger partial charge on any atom is -0.478 e. The first-order chi connectivity index (χ1) is 12.6. The molecule has 0 bridgehead atoms. The first-order valence-corrected chi connectivity index (χ1v) is 8.20. The van der Waals surface area contributed by atoms with E-state index in [4.69, 9.17) is 33.0 Å². The maximum Gasteiger partial charge on any atom is 0.430 e. The van der Waals surface area contributed by atoms with Gasteiger partial charge in [0.15, 0.2) is 0 Å². The molecule has 0 radical (unpaired) electrons. The summed E-state index contributed by atoms with van der Waals surface area (Å²) >= 11 is 11.8. The van der Waals surface area contributed by atoms with Gasteiger partial charge in [0.1, 0.15) is 5.75 Å². The van der Waals surface area contributed by atoms with Gasteiger partial charge < -0.3 is 9.84 Å². The second-order valence-corrected chi connectivity index (χ2v) is 6.45. The van der Waals surface area contributed by atoms with Crippen LogP contribution >= 0.6 is 23.2 Å². The molecule has 3 nitrogen and oxygen atoms in total. The number of carboxylic acids is 1. The topological polar surface area (TPSA) is 46.5 Å². The molecule has 1 N–H and O–H groups in total. The molecule has 0 spiro atoms. The Balaban J connectivity index is 2.11. The average Bonchev–Trinajstić information content (AvgIpc) is 2.58. The largest absolute Gasteiger partial charge is 0.478 e. The van der Waals surface area contributed by atoms with Crippen molar-refractivity contribution in [2.45, 2.75) is 12.3 Å². The van der Waals surface area contributed by atoms with Gasteiger partial charge >= 0.3 is 12.1 Å². The molecule has 0 saturated carbocycles. The molecular formula is C19H9Cl2F3O3. The summed E-state index contributed by atoms with van der Waals surface area (Å²) in [6, 6.07) is 9.21. The van der Waals surface area contributed by atoms with E-state index < -0.39 is 23.8 Å². The first kappa shape index (κ1) is 19.2. The molecular weight excluding hydrogens is 404 g/mol. The number of carboxylic acid groups (broad SMARTS) is 1. The van der Waals surface area contributed by atoms with Gasteiger partial charge in [-0.1, -0.05) is 35.0 Å². The fourth-order valence-corrected chi connectivity index (χ4v) is 2.81. The van der Waals surface area contributed by atoms with Crippen LogP contribution in [0.2, 0.25) is 10.0 Å². The lowest BCUT2D eigenvalue weighted by Gasteiger charge is -2.27. The Bertz CT molecular complexity index is 1000. The van der Waals surface area contributed by atoms with E-state index in [9.17, 15) is 18.0 Å². The minimum atomic E-state index is -4.90. The van der Waals surface area contributed by atoms with Gasteiger partial charge in [-0.2, -0.15) is 13.2 Å². The van der Waals surface area contributed by atoms with E-state index in [2.05, 4.69) is 11.8 Å². The van der Waals surface area contributed by atoms with Crippen LogP contribution in [0, 0.1) is 11.8 Å². The van der Waals surface area contributed by atoms with Crippen LogP contribution in [0.5, 0.6) is 5.75 Å². The molecule has 0 aliphatic carbocycles. The Morgan fingerprint density at radius 2 is 1.74 bits per heavy atom. The predicted molar refractivity (Wildman–Crippen MR) is 95.0 cm³/mol. The van der Waals surface area contributed by atoms with Gasteiger partial charge in [-0.05, 0) is 42.5 Å². The summed E-state index contributed by atoms with van der Waals surface area (Å²) < 4.78 is 44.7. The third-order valence-electron chi connectivity index (χ3n) is 3.64. The van der Waals surface area contributed by atoms with Crippen LogP contribution in [-0.4, -0.2) is 23.4 Å². The fourth-order valence-electron chi connectivity index (χ4n) is 2.46. The summed E-state index contributed by atoms with van der Waals surface area (Å²) in [5.41, 5.74) is -0.116. The number of benzene rings is 2. The van der Waals surface area contributed by atoms with E-state index in [1.807, 2.05) is 0 Å². The second kappa shape index (κ2) is 7.18. The molecule has 2 aromatic rings. The number of halogens is 5. The fraction of sp³-hybridized carbons (Fsp3) is 0.105. The molecule has 1 heterocycles. The van der Waals surface area contributed by atoms with E-state index in [1.54, 1.807) is 24.3 Å². The Morgan fingerprint density at radius 3 is 2.33 bits per heavy atom. The van der Waals surface area contributed by atoms with E-state index in [0.717, 1.165) is 6.08 Å². The van der Waals surface area contributed by atoms with E-state index in [0.29, 0.717) is 10.6 Å². The smallest absolute Gasteiger partial charge is 0.430 e. The lowest BCUT2D eigenvalue weighted by molar-refractivity contribution is -0.187. The van der Waals surface area contributed by atoms with Crippen molar-refractivity contribution in [3.63, 3.8) is 0 Å². The number of fused-ring (bicyclic) bond motifs is 1. The summed E-state index contributed by atoms with van der Waals surface area (Å²) in [5, 5.41) is 9.79. The molecule has 27 heavy (non-hydrogen) atoms. The van der Waals surface area contributed by atoms with Crippen LogP contribution < -0.4 is 4.74 Å². The Morgan fingerprint density at radius 1 is 1.07 bits per heavy atom. The minimum absolute atomic E-state index is 0.112. The number of ether oxygens (including phenoxy) is 1. The van der Waals surface area contributed by atoms with Crippen molar-refractivity contribution in [3.8, 4) is 17.6 Å². The summed E-state index contributed by atoms with van der Waals surface area (Å²) in [5.74, 6) is 3.61. The highest BCUT2D eigenvalue weighted by atomic mass is 35.5. The lowest BCUT2D eigenvalue weighted by Crippen LogP contribution is -2.40. The second-order valence-electron chi connectivity index (χ2n) is 5.57. The zero-order valence-corrected chi connectivity index (χ0v) is 14.8. The predicted octanol–water partition coefficient (Wildman–Crippen LogP) is 5.18. The number of alkyl halides is 3. The van der Waals surface area contributed by atoms with Crippen LogP contribution in [0.3, 0.4) is 0 Å². The van der Waals surface area contributed by atoms with Crippen LogP contribution in [-0.2, 0) is 4.79 Å². The van der Waals surface area contributed by atoms with E-state index in [-0.39, 0.29) is 21.9 Å². The van der Waals surface area contributed by atoms with Crippen LogP contribution in [0.4, 0.5) is 13.2 Å². The van der Waals surface area contributed by atoms with Crippen molar-refractivity contribution in [3.05, 3.63) is 68.7 Å². The average molecular weight is 413 g/mol. The summed E-state index contributed by atoms with van der Waals surface area (Å²) in [7, 11) is 0. The van der Waals surface area contributed by atoms with Crippen LogP contribution in [0.1, 0.15) is 16.7 Å². The molecule has 0 amide bonds. The van der Waals surface area contributed by atoms with Crippen LogP contribution in [0.15, 0.2) is 42.0 Å².